The minimum absolute atomic E-state index is 0.364. The number of halogens is 1. The van der Waals surface area contributed by atoms with E-state index >= 15 is 0 Å². The minimum Gasteiger partial charge on any atom is -0.490 e. The van der Waals surface area contributed by atoms with E-state index in [1.807, 2.05) is 37.3 Å². The van der Waals surface area contributed by atoms with Crippen molar-refractivity contribution in [2.75, 3.05) is 12.3 Å². The highest BCUT2D eigenvalue weighted by atomic mass is 35.5. The molecule has 0 aromatic heterocycles. The molecule has 3 rings (SSSR count). The number of amides is 1. The Hall–Kier alpha value is -3.51. The van der Waals surface area contributed by atoms with Gasteiger partial charge in [-0.15, -0.1) is 0 Å². The Bertz CT molecular complexity index is 1050. The van der Waals surface area contributed by atoms with Crippen LogP contribution in [0.15, 0.2) is 71.8 Å². The van der Waals surface area contributed by atoms with Crippen LogP contribution in [-0.2, 0) is 6.61 Å². The first-order valence-corrected chi connectivity index (χ1v) is 9.76. The topological polar surface area (TPSA) is 85.9 Å². The van der Waals surface area contributed by atoms with Crippen molar-refractivity contribution in [3.05, 3.63) is 88.4 Å². The fraction of sp³-hybridized carbons (Fsp3) is 0.130. The Morgan fingerprint density at radius 1 is 1.07 bits per heavy atom. The number of para-hydroxylation sites is 1. The van der Waals surface area contributed by atoms with Gasteiger partial charge in [-0.1, -0.05) is 35.9 Å². The van der Waals surface area contributed by atoms with Crippen molar-refractivity contribution in [2.45, 2.75) is 13.5 Å². The van der Waals surface area contributed by atoms with E-state index in [2.05, 4.69) is 10.5 Å². The van der Waals surface area contributed by atoms with Gasteiger partial charge in [0.2, 0.25) is 0 Å². The highest BCUT2D eigenvalue weighted by Crippen LogP contribution is 2.29. The number of nitrogens with zero attached hydrogens (tertiary/aromatic N) is 1. The molecule has 0 unspecified atom stereocenters. The third-order valence-corrected chi connectivity index (χ3v) is 4.37. The molecule has 0 saturated carbocycles. The Balaban J connectivity index is 1.67. The first kappa shape index (κ1) is 21.2. The van der Waals surface area contributed by atoms with Crippen LogP contribution in [0.4, 0.5) is 5.69 Å². The number of carbonyl (C=O) groups is 1. The molecule has 0 heterocycles. The van der Waals surface area contributed by atoms with Gasteiger partial charge < -0.3 is 15.2 Å². The van der Waals surface area contributed by atoms with Crippen molar-refractivity contribution < 1.29 is 14.3 Å². The summed E-state index contributed by atoms with van der Waals surface area (Å²) in [7, 11) is 0. The smallest absolute Gasteiger partial charge is 0.273 e. The van der Waals surface area contributed by atoms with Crippen molar-refractivity contribution in [1.29, 1.82) is 0 Å². The summed E-state index contributed by atoms with van der Waals surface area (Å²) < 4.78 is 11.6. The maximum Gasteiger partial charge on any atom is 0.273 e. The van der Waals surface area contributed by atoms with E-state index in [1.54, 1.807) is 36.4 Å². The summed E-state index contributed by atoms with van der Waals surface area (Å²) in [6.07, 6.45) is 1.53. The predicted molar refractivity (Wildman–Crippen MR) is 119 cm³/mol. The molecule has 3 aromatic carbocycles. The van der Waals surface area contributed by atoms with Crippen molar-refractivity contribution in [1.82, 2.24) is 5.43 Å². The Morgan fingerprint density at radius 2 is 1.90 bits per heavy atom. The number of ether oxygens (including phenoxy) is 2. The Kier molecular flexibility index (Phi) is 7.29. The van der Waals surface area contributed by atoms with E-state index in [1.165, 1.54) is 6.21 Å². The highest BCUT2D eigenvalue weighted by Gasteiger charge is 2.09. The molecule has 6 nitrogen and oxygen atoms in total. The Morgan fingerprint density at radius 3 is 2.67 bits per heavy atom. The van der Waals surface area contributed by atoms with Gasteiger partial charge in [-0.25, -0.2) is 5.43 Å². The van der Waals surface area contributed by atoms with Crippen LogP contribution in [0, 0.1) is 0 Å². The van der Waals surface area contributed by atoms with Crippen molar-refractivity contribution in [3.8, 4) is 11.5 Å². The standard InChI is InChI=1S/C23H22ClN3O3/c1-2-29-22-13-16(14-26-27-23(28)19-8-3-4-9-20(19)25)10-11-21(22)30-15-17-6-5-7-18(24)12-17/h3-14H,2,15,25H2,1H3,(H,27,28)/b26-14-. The lowest BCUT2D eigenvalue weighted by Crippen LogP contribution is -2.19. The van der Waals surface area contributed by atoms with Gasteiger partial charge in [-0.2, -0.15) is 5.10 Å². The van der Waals surface area contributed by atoms with E-state index in [0.717, 1.165) is 11.1 Å². The van der Waals surface area contributed by atoms with Crippen LogP contribution >= 0.6 is 11.6 Å². The summed E-state index contributed by atoms with van der Waals surface area (Å²) in [6, 6.07) is 19.7. The van der Waals surface area contributed by atoms with Crippen LogP contribution in [0.2, 0.25) is 5.02 Å². The van der Waals surface area contributed by atoms with Gasteiger partial charge in [-0.05, 0) is 60.5 Å². The van der Waals surface area contributed by atoms with Crippen molar-refractivity contribution in [3.63, 3.8) is 0 Å². The van der Waals surface area contributed by atoms with Crippen LogP contribution < -0.4 is 20.6 Å². The van der Waals surface area contributed by atoms with Gasteiger partial charge in [-0.3, -0.25) is 4.79 Å². The van der Waals surface area contributed by atoms with E-state index < -0.39 is 0 Å². The number of anilines is 1. The molecule has 1 amide bonds. The van der Waals surface area contributed by atoms with Crippen molar-refractivity contribution in [2.24, 2.45) is 5.10 Å². The molecule has 0 spiro atoms. The summed E-state index contributed by atoms with van der Waals surface area (Å²) in [5.41, 5.74) is 10.7. The lowest BCUT2D eigenvalue weighted by molar-refractivity contribution is 0.0956. The van der Waals surface area contributed by atoms with Crippen LogP contribution in [-0.4, -0.2) is 18.7 Å². The van der Waals surface area contributed by atoms with E-state index in [0.29, 0.717) is 41.0 Å². The van der Waals surface area contributed by atoms with Gasteiger partial charge in [0, 0.05) is 10.7 Å². The quantitative estimate of drug-likeness (QED) is 0.313. The van der Waals surface area contributed by atoms with Crippen LogP contribution in [0.3, 0.4) is 0 Å². The molecule has 0 fully saturated rings. The monoisotopic (exact) mass is 423 g/mol. The fourth-order valence-electron chi connectivity index (χ4n) is 2.71. The van der Waals surface area contributed by atoms with Gasteiger partial charge in [0.25, 0.3) is 5.91 Å². The molecule has 0 atom stereocenters. The summed E-state index contributed by atoms with van der Waals surface area (Å²) in [5, 5.41) is 4.66. The van der Waals surface area contributed by atoms with Crippen LogP contribution in [0.5, 0.6) is 11.5 Å². The first-order chi connectivity index (χ1) is 14.6. The lowest BCUT2D eigenvalue weighted by atomic mass is 10.2. The second-order valence-corrected chi connectivity index (χ2v) is 6.78. The Labute approximate surface area is 180 Å². The largest absolute Gasteiger partial charge is 0.490 e. The minimum atomic E-state index is -0.379. The summed E-state index contributed by atoms with van der Waals surface area (Å²) in [4.78, 5) is 12.2. The first-order valence-electron chi connectivity index (χ1n) is 9.39. The van der Waals surface area contributed by atoms with Gasteiger partial charge in [0.1, 0.15) is 6.61 Å². The summed E-state index contributed by atoms with van der Waals surface area (Å²) >= 11 is 6.02. The predicted octanol–water partition coefficient (Wildman–Crippen LogP) is 4.66. The number of nitrogens with one attached hydrogen (secondary N) is 1. The molecular weight excluding hydrogens is 402 g/mol. The number of rotatable bonds is 8. The number of benzene rings is 3. The summed E-state index contributed by atoms with van der Waals surface area (Å²) in [5.74, 6) is 0.813. The van der Waals surface area contributed by atoms with E-state index in [9.17, 15) is 4.79 Å². The molecule has 154 valence electrons. The number of nitrogen functional groups attached to an aromatic ring is 1. The maximum atomic E-state index is 12.2. The highest BCUT2D eigenvalue weighted by molar-refractivity contribution is 6.30. The maximum absolute atomic E-state index is 12.2. The average Bonchev–Trinajstić information content (AvgIpc) is 2.74. The van der Waals surface area contributed by atoms with Gasteiger partial charge in [0.05, 0.1) is 18.4 Å². The zero-order valence-electron chi connectivity index (χ0n) is 16.5. The number of hydrazone groups is 1. The van der Waals surface area contributed by atoms with E-state index in [4.69, 9.17) is 26.8 Å². The molecule has 0 bridgehead atoms. The molecule has 3 N–H and O–H groups in total. The van der Waals surface area contributed by atoms with Crippen LogP contribution in [0.25, 0.3) is 0 Å². The number of carbonyl (C=O) groups excluding carboxylic acids is 1. The lowest BCUT2D eigenvalue weighted by Gasteiger charge is -2.13. The second-order valence-electron chi connectivity index (χ2n) is 6.34. The number of nitrogens with two attached hydrogens (primary N) is 1. The molecule has 0 aliphatic heterocycles. The van der Waals surface area contributed by atoms with E-state index in [-0.39, 0.29) is 5.91 Å². The normalized spacial score (nSPS) is 10.7. The molecule has 0 aliphatic carbocycles. The molecular formula is C23H22ClN3O3. The molecule has 0 aliphatic rings. The molecule has 0 radical (unpaired) electrons. The zero-order chi connectivity index (χ0) is 21.3. The third kappa shape index (κ3) is 5.75. The SMILES string of the molecule is CCOc1cc(/C=N\NC(=O)c2ccccc2N)ccc1OCc1cccc(Cl)c1. The number of hydrogen-bond acceptors (Lipinski definition) is 5. The van der Waals surface area contributed by atoms with Gasteiger partial charge in [0.15, 0.2) is 11.5 Å². The third-order valence-electron chi connectivity index (χ3n) is 4.14. The number of hydrogen-bond donors (Lipinski definition) is 2. The second kappa shape index (κ2) is 10.3. The molecule has 0 saturated heterocycles. The molecule has 3 aromatic rings. The molecule has 7 heteroatoms. The van der Waals surface area contributed by atoms with Crippen molar-refractivity contribution >= 4 is 29.4 Å². The average molecular weight is 424 g/mol. The van der Waals surface area contributed by atoms with Crippen LogP contribution in [0.1, 0.15) is 28.4 Å². The molecule has 30 heavy (non-hydrogen) atoms. The fourth-order valence-corrected chi connectivity index (χ4v) is 2.92. The summed E-state index contributed by atoms with van der Waals surface area (Å²) in [6.45, 7) is 2.74. The zero-order valence-corrected chi connectivity index (χ0v) is 17.2. The van der Waals surface area contributed by atoms with Gasteiger partial charge >= 0.3 is 0 Å².